The Balaban J connectivity index is 2.19. The van der Waals surface area contributed by atoms with E-state index in [1.165, 1.54) is 12.8 Å². The van der Waals surface area contributed by atoms with Gasteiger partial charge in [-0.15, -0.1) is 0 Å². The molecule has 0 unspecified atom stereocenters. The molecule has 0 heterocycles. The maximum atomic E-state index is 12.4. The molecule has 0 bridgehead atoms. The number of rotatable bonds is 5. The Labute approximate surface area is 125 Å². The fraction of sp³-hybridized carbons (Fsp3) is 0.500. The van der Waals surface area contributed by atoms with Crippen LogP contribution in [0, 0.1) is 12.8 Å². The number of thiocarbonyl (C=S) groups is 1. The van der Waals surface area contributed by atoms with Crippen molar-refractivity contribution in [2.24, 2.45) is 11.7 Å². The number of benzene rings is 1. The molecule has 0 amide bonds. The highest BCUT2D eigenvalue weighted by Crippen LogP contribution is 2.24. The molecule has 0 atom stereocenters. The van der Waals surface area contributed by atoms with Gasteiger partial charge in [0, 0.05) is 12.1 Å². The van der Waals surface area contributed by atoms with E-state index in [1.807, 2.05) is 0 Å². The van der Waals surface area contributed by atoms with E-state index in [-0.39, 0.29) is 9.88 Å². The quantitative estimate of drug-likeness (QED) is 0.817. The first-order valence-electron chi connectivity index (χ1n) is 6.80. The molecule has 0 saturated heterocycles. The second-order valence-corrected chi connectivity index (χ2v) is 7.52. The van der Waals surface area contributed by atoms with Crippen molar-refractivity contribution in [3.8, 4) is 0 Å². The number of hydrogen-bond acceptors (Lipinski definition) is 3. The van der Waals surface area contributed by atoms with Crippen molar-refractivity contribution in [3.63, 3.8) is 0 Å². The number of nitrogens with two attached hydrogens (primary N) is 1. The van der Waals surface area contributed by atoms with Crippen LogP contribution in [0.5, 0.6) is 0 Å². The first-order valence-corrected chi connectivity index (χ1v) is 8.69. The summed E-state index contributed by atoms with van der Waals surface area (Å²) in [5.41, 5.74) is 6.84. The summed E-state index contributed by atoms with van der Waals surface area (Å²) in [5, 5.41) is 0. The molecular formula is C14H20N2O2S2. The van der Waals surface area contributed by atoms with Gasteiger partial charge in [0.1, 0.15) is 4.99 Å². The molecule has 0 aromatic heterocycles. The summed E-state index contributed by atoms with van der Waals surface area (Å²) in [7, 11) is -3.50. The summed E-state index contributed by atoms with van der Waals surface area (Å²) in [5.74, 6) is 0.462. The topological polar surface area (TPSA) is 72.2 Å². The van der Waals surface area contributed by atoms with Gasteiger partial charge >= 0.3 is 0 Å². The maximum Gasteiger partial charge on any atom is 0.240 e. The van der Waals surface area contributed by atoms with Gasteiger partial charge in [-0.1, -0.05) is 37.2 Å². The molecule has 6 heteroatoms. The van der Waals surface area contributed by atoms with E-state index in [0.29, 0.717) is 23.6 Å². The molecule has 2 rings (SSSR count). The van der Waals surface area contributed by atoms with Crippen LogP contribution >= 0.6 is 12.2 Å². The first-order chi connectivity index (χ1) is 9.40. The molecule has 1 aromatic carbocycles. The number of aryl methyl sites for hydroxylation is 1. The SMILES string of the molecule is Cc1ccc(C(N)=S)cc1S(=O)(=O)NCC1CCCC1. The van der Waals surface area contributed by atoms with Gasteiger partial charge in [0.05, 0.1) is 4.90 Å². The minimum atomic E-state index is -3.50. The van der Waals surface area contributed by atoms with Crippen molar-refractivity contribution in [1.29, 1.82) is 0 Å². The lowest BCUT2D eigenvalue weighted by atomic mass is 10.1. The molecule has 3 N–H and O–H groups in total. The van der Waals surface area contributed by atoms with Crippen LogP contribution in [0.15, 0.2) is 23.1 Å². The predicted molar refractivity (Wildman–Crippen MR) is 84.2 cm³/mol. The van der Waals surface area contributed by atoms with Crippen LogP contribution < -0.4 is 10.5 Å². The normalized spacial score (nSPS) is 16.4. The Bertz CT molecular complexity index is 606. The highest BCUT2D eigenvalue weighted by molar-refractivity contribution is 7.89. The van der Waals surface area contributed by atoms with Gasteiger partial charge in [-0.05, 0) is 37.3 Å². The van der Waals surface area contributed by atoms with E-state index < -0.39 is 10.0 Å². The van der Waals surface area contributed by atoms with Crippen LogP contribution in [0.2, 0.25) is 0 Å². The Morgan fingerprint density at radius 3 is 2.65 bits per heavy atom. The Kier molecular flexibility index (Phi) is 4.78. The van der Waals surface area contributed by atoms with Crippen molar-refractivity contribution in [2.45, 2.75) is 37.5 Å². The smallest absolute Gasteiger partial charge is 0.240 e. The van der Waals surface area contributed by atoms with Gasteiger partial charge in [0.25, 0.3) is 0 Å². The molecule has 20 heavy (non-hydrogen) atoms. The average Bonchev–Trinajstić information content (AvgIpc) is 2.89. The second kappa shape index (κ2) is 6.20. The van der Waals surface area contributed by atoms with Gasteiger partial charge in [-0.2, -0.15) is 0 Å². The second-order valence-electron chi connectivity index (χ2n) is 5.35. The molecule has 1 saturated carbocycles. The summed E-state index contributed by atoms with van der Waals surface area (Å²) in [6.07, 6.45) is 4.60. The lowest BCUT2D eigenvalue weighted by molar-refractivity contribution is 0.519. The van der Waals surface area contributed by atoms with Gasteiger partial charge in [0.2, 0.25) is 10.0 Å². The minimum Gasteiger partial charge on any atom is -0.389 e. The van der Waals surface area contributed by atoms with Gasteiger partial charge in [0.15, 0.2) is 0 Å². The van der Waals surface area contributed by atoms with Crippen LogP contribution in [0.1, 0.15) is 36.8 Å². The standard InChI is InChI=1S/C14H20N2O2S2/c1-10-6-7-12(14(15)19)8-13(10)20(17,18)16-9-11-4-2-3-5-11/h6-8,11,16H,2-5,9H2,1H3,(H2,15,19). The van der Waals surface area contributed by atoms with E-state index in [0.717, 1.165) is 12.8 Å². The van der Waals surface area contributed by atoms with E-state index >= 15 is 0 Å². The largest absolute Gasteiger partial charge is 0.389 e. The van der Waals surface area contributed by atoms with E-state index in [9.17, 15) is 8.42 Å². The van der Waals surface area contributed by atoms with Gasteiger partial charge in [-0.3, -0.25) is 0 Å². The number of hydrogen-bond donors (Lipinski definition) is 2. The van der Waals surface area contributed by atoms with Crippen LogP contribution in [0.25, 0.3) is 0 Å². The lowest BCUT2D eigenvalue weighted by Crippen LogP contribution is -2.29. The Morgan fingerprint density at radius 1 is 1.40 bits per heavy atom. The minimum absolute atomic E-state index is 0.206. The third kappa shape index (κ3) is 3.56. The fourth-order valence-electron chi connectivity index (χ4n) is 2.56. The highest BCUT2D eigenvalue weighted by Gasteiger charge is 2.21. The third-order valence-corrected chi connectivity index (χ3v) is 5.60. The Morgan fingerprint density at radius 2 is 2.05 bits per heavy atom. The predicted octanol–water partition coefficient (Wildman–Crippen LogP) is 2.10. The number of nitrogens with one attached hydrogen (secondary N) is 1. The molecule has 0 aliphatic heterocycles. The summed E-state index contributed by atoms with van der Waals surface area (Å²) in [6, 6.07) is 5.03. The summed E-state index contributed by atoms with van der Waals surface area (Å²) < 4.78 is 27.5. The molecule has 4 nitrogen and oxygen atoms in total. The molecule has 1 aliphatic rings. The van der Waals surface area contributed by atoms with Crippen molar-refractivity contribution >= 4 is 27.2 Å². The summed E-state index contributed by atoms with van der Waals surface area (Å²) in [4.78, 5) is 0.470. The number of sulfonamides is 1. The fourth-order valence-corrected chi connectivity index (χ4v) is 4.07. The van der Waals surface area contributed by atoms with Crippen molar-refractivity contribution < 1.29 is 8.42 Å². The molecule has 110 valence electrons. The van der Waals surface area contributed by atoms with Crippen LogP contribution in [0.4, 0.5) is 0 Å². The van der Waals surface area contributed by atoms with Crippen molar-refractivity contribution in [2.75, 3.05) is 6.54 Å². The van der Waals surface area contributed by atoms with Crippen molar-refractivity contribution in [1.82, 2.24) is 4.72 Å². The molecule has 1 fully saturated rings. The first kappa shape index (κ1) is 15.4. The van der Waals surface area contributed by atoms with Crippen LogP contribution in [-0.4, -0.2) is 20.0 Å². The molecule has 0 spiro atoms. The molecule has 1 aromatic rings. The average molecular weight is 312 g/mol. The van der Waals surface area contributed by atoms with Gasteiger partial charge < -0.3 is 5.73 Å². The molecule has 1 aliphatic carbocycles. The highest BCUT2D eigenvalue weighted by atomic mass is 32.2. The maximum absolute atomic E-state index is 12.4. The summed E-state index contributed by atoms with van der Waals surface area (Å²) >= 11 is 4.90. The van der Waals surface area contributed by atoms with Crippen molar-refractivity contribution in [3.05, 3.63) is 29.3 Å². The van der Waals surface area contributed by atoms with E-state index in [1.54, 1.807) is 25.1 Å². The summed E-state index contributed by atoms with van der Waals surface area (Å²) in [6.45, 7) is 2.28. The molecular weight excluding hydrogens is 292 g/mol. The van der Waals surface area contributed by atoms with Crippen LogP contribution in [-0.2, 0) is 10.0 Å². The Hall–Kier alpha value is -0.980. The van der Waals surface area contributed by atoms with Crippen LogP contribution in [0.3, 0.4) is 0 Å². The van der Waals surface area contributed by atoms with Gasteiger partial charge in [-0.25, -0.2) is 13.1 Å². The van der Waals surface area contributed by atoms with E-state index in [2.05, 4.69) is 4.72 Å². The monoisotopic (exact) mass is 312 g/mol. The zero-order chi connectivity index (χ0) is 14.8. The molecule has 0 radical (unpaired) electrons. The zero-order valence-corrected chi connectivity index (χ0v) is 13.2. The third-order valence-electron chi connectivity index (χ3n) is 3.80. The lowest BCUT2D eigenvalue weighted by Gasteiger charge is -2.13. The van der Waals surface area contributed by atoms with E-state index in [4.69, 9.17) is 18.0 Å². The zero-order valence-electron chi connectivity index (χ0n) is 11.6.